The van der Waals surface area contributed by atoms with Crippen molar-refractivity contribution in [3.05, 3.63) is 57.5 Å². The van der Waals surface area contributed by atoms with Gasteiger partial charge >= 0.3 is 0 Å². The standard InChI is InChI=1S/C19H19N5O2S/c1-10-7-5-6-8-13(10)18-22-14(11(2)26-18)9-27-19-23-15-16(24(19)4)20-12(3)21-17(15)25/h5-8H,9H2,1-4H3,(H,20,21,25). The van der Waals surface area contributed by atoms with Crippen LogP contribution in [-0.2, 0) is 12.8 Å². The monoisotopic (exact) mass is 381 g/mol. The van der Waals surface area contributed by atoms with E-state index in [9.17, 15) is 4.79 Å². The van der Waals surface area contributed by atoms with Gasteiger partial charge in [0.15, 0.2) is 16.3 Å². The van der Waals surface area contributed by atoms with Crippen LogP contribution in [0.15, 0.2) is 38.6 Å². The van der Waals surface area contributed by atoms with Crippen LogP contribution in [0.3, 0.4) is 0 Å². The highest BCUT2D eigenvalue weighted by Crippen LogP contribution is 2.29. The van der Waals surface area contributed by atoms with Crippen molar-refractivity contribution in [2.75, 3.05) is 0 Å². The Balaban J connectivity index is 1.62. The van der Waals surface area contributed by atoms with Crippen LogP contribution in [0.2, 0.25) is 0 Å². The highest BCUT2D eigenvalue weighted by atomic mass is 32.2. The number of benzene rings is 1. The number of nitrogens with one attached hydrogen (secondary N) is 1. The summed E-state index contributed by atoms with van der Waals surface area (Å²) >= 11 is 1.50. The van der Waals surface area contributed by atoms with E-state index in [2.05, 4.69) is 19.9 Å². The molecule has 0 saturated heterocycles. The molecule has 0 fully saturated rings. The zero-order valence-electron chi connectivity index (χ0n) is 15.5. The molecule has 1 aromatic carbocycles. The zero-order valence-corrected chi connectivity index (χ0v) is 16.3. The fraction of sp³-hybridized carbons (Fsp3) is 0.263. The molecule has 138 valence electrons. The number of hydrogen-bond donors (Lipinski definition) is 1. The van der Waals surface area contributed by atoms with Crippen LogP contribution in [0, 0.1) is 20.8 Å². The smallest absolute Gasteiger partial charge is 0.279 e. The van der Waals surface area contributed by atoms with E-state index >= 15 is 0 Å². The number of rotatable bonds is 4. The minimum absolute atomic E-state index is 0.223. The number of H-pyrrole nitrogens is 1. The van der Waals surface area contributed by atoms with Crippen molar-refractivity contribution in [3.63, 3.8) is 0 Å². The summed E-state index contributed by atoms with van der Waals surface area (Å²) in [5.41, 5.74) is 3.68. The van der Waals surface area contributed by atoms with Crippen LogP contribution in [-0.4, -0.2) is 24.5 Å². The molecule has 4 aromatic rings. The van der Waals surface area contributed by atoms with Crippen LogP contribution in [0.5, 0.6) is 0 Å². The normalized spacial score (nSPS) is 11.4. The second-order valence-electron chi connectivity index (χ2n) is 6.40. The van der Waals surface area contributed by atoms with Crippen molar-refractivity contribution in [2.45, 2.75) is 31.7 Å². The van der Waals surface area contributed by atoms with Gasteiger partial charge in [0.1, 0.15) is 11.6 Å². The van der Waals surface area contributed by atoms with Crippen molar-refractivity contribution in [2.24, 2.45) is 7.05 Å². The summed E-state index contributed by atoms with van der Waals surface area (Å²) in [6.45, 7) is 5.71. The molecule has 7 nitrogen and oxygen atoms in total. The lowest BCUT2D eigenvalue weighted by Gasteiger charge is -2.00. The zero-order chi connectivity index (χ0) is 19.1. The van der Waals surface area contributed by atoms with Gasteiger partial charge in [0.25, 0.3) is 5.56 Å². The van der Waals surface area contributed by atoms with E-state index in [1.165, 1.54) is 11.8 Å². The molecule has 0 aliphatic carbocycles. The number of hydrogen-bond acceptors (Lipinski definition) is 6. The molecule has 1 N–H and O–H groups in total. The average molecular weight is 381 g/mol. The molecule has 0 saturated carbocycles. The Hall–Kier alpha value is -2.87. The van der Waals surface area contributed by atoms with E-state index in [-0.39, 0.29) is 5.56 Å². The largest absolute Gasteiger partial charge is 0.441 e. The van der Waals surface area contributed by atoms with Crippen molar-refractivity contribution in [1.82, 2.24) is 24.5 Å². The first-order valence-corrected chi connectivity index (χ1v) is 9.51. The summed E-state index contributed by atoms with van der Waals surface area (Å²) in [7, 11) is 1.86. The molecule has 0 aliphatic heterocycles. The Labute approximate surface area is 159 Å². The molecule has 3 heterocycles. The Kier molecular flexibility index (Phi) is 4.35. The maximum atomic E-state index is 12.1. The Morgan fingerprint density at radius 3 is 2.70 bits per heavy atom. The Morgan fingerprint density at radius 1 is 1.15 bits per heavy atom. The van der Waals surface area contributed by atoms with Crippen LogP contribution >= 0.6 is 11.8 Å². The third kappa shape index (κ3) is 3.16. The Bertz CT molecular complexity index is 1200. The fourth-order valence-electron chi connectivity index (χ4n) is 2.91. The van der Waals surface area contributed by atoms with Gasteiger partial charge in [-0.3, -0.25) is 4.79 Å². The van der Waals surface area contributed by atoms with E-state index in [4.69, 9.17) is 4.42 Å². The van der Waals surface area contributed by atoms with Gasteiger partial charge in [-0.2, -0.15) is 0 Å². The fourth-order valence-corrected chi connectivity index (χ4v) is 3.88. The lowest BCUT2D eigenvalue weighted by Crippen LogP contribution is -2.10. The van der Waals surface area contributed by atoms with Crippen molar-refractivity contribution in [3.8, 4) is 11.5 Å². The number of aryl methyl sites for hydroxylation is 4. The first-order valence-electron chi connectivity index (χ1n) is 8.52. The molecule has 27 heavy (non-hydrogen) atoms. The molecule has 0 aliphatic rings. The number of thioether (sulfide) groups is 1. The third-order valence-corrected chi connectivity index (χ3v) is 5.45. The van der Waals surface area contributed by atoms with E-state index < -0.39 is 0 Å². The summed E-state index contributed by atoms with van der Waals surface area (Å²) in [6, 6.07) is 8.01. The second kappa shape index (κ2) is 6.70. The summed E-state index contributed by atoms with van der Waals surface area (Å²) in [5, 5.41) is 0.716. The van der Waals surface area contributed by atoms with Gasteiger partial charge in [0.2, 0.25) is 5.89 Å². The first-order chi connectivity index (χ1) is 12.9. The van der Waals surface area contributed by atoms with Crippen molar-refractivity contribution in [1.29, 1.82) is 0 Å². The number of aromatic amines is 1. The summed E-state index contributed by atoms with van der Waals surface area (Å²) in [5.74, 6) is 2.57. The first kappa shape index (κ1) is 17.5. The molecule has 0 atom stereocenters. The number of imidazole rings is 1. The molecule has 0 unspecified atom stereocenters. The molecular formula is C19H19N5O2S. The molecule has 0 spiro atoms. The van der Waals surface area contributed by atoms with E-state index in [0.29, 0.717) is 33.8 Å². The number of oxazole rings is 1. The molecule has 3 aromatic heterocycles. The van der Waals surface area contributed by atoms with Crippen LogP contribution in [0.25, 0.3) is 22.6 Å². The van der Waals surface area contributed by atoms with Gasteiger partial charge in [0.05, 0.1) is 5.69 Å². The van der Waals surface area contributed by atoms with Crippen molar-refractivity contribution >= 4 is 22.9 Å². The van der Waals surface area contributed by atoms with Gasteiger partial charge in [-0.05, 0) is 32.4 Å². The van der Waals surface area contributed by atoms with Gasteiger partial charge in [0, 0.05) is 18.4 Å². The minimum atomic E-state index is -0.223. The van der Waals surface area contributed by atoms with E-state index in [1.807, 2.05) is 49.7 Å². The van der Waals surface area contributed by atoms with Gasteiger partial charge in [-0.15, -0.1) is 0 Å². The third-order valence-electron chi connectivity index (χ3n) is 4.41. The molecular weight excluding hydrogens is 362 g/mol. The van der Waals surface area contributed by atoms with Crippen LogP contribution in [0.4, 0.5) is 0 Å². The predicted octanol–water partition coefficient (Wildman–Crippen LogP) is 3.53. The summed E-state index contributed by atoms with van der Waals surface area (Å²) in [4.78, 5) is 28.2. The Morgan fingerprint density at radius 2 is 1.93 bits per heavy atom. The van der Waals surface area contributed by atoms with E-state index in [1.54, 1.807) is 6.92 Å². The summed E-state index contributed by atoms with van der Waals surface area (Å²) < 4.78 is 7.71. The topological polar surface area (TPSA) is 89.6 Å². The molecule has 0 radical (unpaired) electrons. The van der Waals surface area contributed by atoms with Crippen molar-refractivity contribution < 1.29 is 4.42 Å². The lowest BCUT2D eigenvalue weighted by atomic mass is 10.1. The average Bonchev–Trinajstić information content (AvgIpc) is 3.14. The maximum Gasteiger partial charge on any atom is 0.279 e. The molecule has 0 bridgehead atoms. The quantitative estimate of drug-likeness (QED) is 0.544. The van der Waals surface area contributed by atoms with Crippen LogP contribution in [0.1, 0.15) is 22.8 Å². The van der Waals surface area contributed by atoms with Gasteiger partial charge in [-0.25, -0.2) is 15.0 Å². The SMILES string of the molecule is Cc1nc2c(nc(SCc3nc(-c4ccccc4C)oc3C)n2C)c(=O)[nH]1. The van der Waals surface area contributed by atoms with Crippen LogP contribution < -0.4 is 5.56 Å². The number of aromatic nitrogens is 5. The highest BCUT2D eigenvalue weighted by molar-refractivity contribution is 7.98. The summed E-state index contributed by atoms with van der Waals surface area (Å²) in [6.07, 6.45) is 0. The minimum Gasteiger partial charge on any atom is -0.441 e. The highest BCUT2D eigenvalue weighted by Gasteiger charge is 2.17. The molecule has 0 amide bonds. The predicted molar refractivity (Wildman–Crippen MR) is 105 cm³/mol. The maximum absolute atomic E-state index is 12.1. The lowest BCUT2D eigenvalue weighted by molar-refractivity contribution is 0.540. The molecule has 4 rings (SSSR count). The van der Waals surface area contributed by atoms with Gasteiger partial charge < -0.3 is 14.0 Å². The number of nitrogens with zero attached hydrogens (tertiary/aromatic N) is 4. The van der Waals surface area contributed by atoms with E-state index in [0.717, 1.165) is 22.6 Å². The second-order valence-corrected chi connectivity index (χ2v) is 7.34. The number of fused-ring (bicyclic) bond motifs is 1. The molecule has 8 heteroatoms. The van der Waals surface area contributed by atoms with Gasteiger partial charge in [-0.1, -0.05) is 30.0 Å².